The number of aliphatic hydroxyl groups is 1. The van der Waals surface area contributed by atoms with Gasteiger partial charge in [-0.25, -0.2) is 4.90 Å². The van der Waals surface area contributed by atoms with E-state index in [1.807, 2.05) is 0 Å². The molecule has 1 heterocycles. The second-order valence-corrected chi connectivity index (χ2v) is 6.36. The fraction of sp³-hybridized carbons (Fsp3) is 0. The van der Waals surface area contributed by atoms with Gasteiger partial charge >= 0.3 is 0 Å². The quantitative estimate of drug-likeness (QED) is 0.239. The number of non-ortho nitro benzene ring substituents is 1. The number of nitro benzene ring substituents is 1. The van der Waals surface area contributed by atoms with E-state index in [1.165, 1.54) is 18.2 Å². The summed E-state index contributed by atoms with van der Waals surface area (Å²) in [6, 6.07) is 20.3. The Bertz CT molecular complexity index is 1170. The lowest BCUT2D eigenvalue weighted by molar-refractivity contribution is -0.384. The summed E-state index contributed by atoms with van der Waals surface area (Å²) in [7, 11) is 0. The Morgan fingerprint density at radius 3 is 2.07 bits per heavy atom. The van der Waals surface area contributed by atoms with Crippen molar-refractivity contribution in [3.8, 4) is 0 Å². The molecule has 0 atom stereocenters. The number of nitro groups is 1. The van der Waals surface area contributed by atoms with Crippen molar-refractivity contribution in [1.29, 1.82) is 0 Å². The van der Waals surface area contributed by atoms with Gasteiger partial charge in [-0.05, 0) is 18.2 Å². The van der Waals surface area contributed by atoms with Gasteiger partial charge in [0.05, 0.1) is 16.2 Å². The van der Waals surface area contributed by atoms with Gasteiger partial charge in [-0.15, -0.1) is 0 Å². The van der Waals surface area contributed by atoms with E-state index in [2.05, 4.69) is 0 Å². The predicted octanol–water partition coefficient (Wildman–Crippen LogP) is 4.21. The topological polar surface area (TPSA) is 101 Å². The molecular formula is C22H14N2O5. The number of carbonyl (C=O) groups excluding carboxylic acids is 2. The van der Waals surface area contributed by atoms with Gasteiger partial charge in [0.2, 0.25) is 0 Å². The number of rotatable bonds is 3. The molecule has 0 aromatic heterocycles. The van der Waals surface area contributed by atoms with Crippen molar-refractivity contribution >= 4 is 34.5 Å². The maximum absolute atomic E-state index is 13.2. The molecule has 29 heavy (non-hydrogen) atoms. The van der Waals surface area contributed by atoms with Crippen molar-refractivity contribution in [2.45, 2.75) is 0 Å². The first-order valence-corrected chi connectivity index (χ1v) is 8.70. The van der Waals surface area contributed by atoms with Crippen LogP contribution in [0.25, 0.3) is 11.3 Å². The zero-order valence-electron chi connectivity index (χ0n) is 15.0. The summed E-state index contributed by atoms with van der Waals surface area (Å²) in [5.41, 5.74) is 0.567. The van der Waals surface area contributed by atoms with Crippen LogP contribution in [0.4, 0.5) is 11.4 Å². The smallest absolute Gasteiger partial charge is 0.270 e. The molecule has 142 valence electrons. The molecular weight excluding hydrogens is 372 g/mol. The fourth-order valence-corrected chi connectivity index (χ4v) is 3.25. The van der Waals surface area contributed by atoms with Crippen LogP contribution in [0.2, 0.25) is 0 Å². The average molecular weight is 386 g/mol. The van der Waals surface area contributed by atoms with E-state index in [-0.39, 0.29) is 33.8 Å². The SMILES string of the molecule is O=C1/C(=C(/O)c2ccccc2)c2cc([N+](=O)[O-])ccc2N1C(=O)c1ccccc1. The highest BCUT2D eigenvalue weighted by atomic mass is 16.6. The number of nitrogens with zero attached hydrogens (tertiary/aromatic N) is 2. The van der Waals surface area contributed by atoms with Gasteiger partial charge in [0.25, 0.3) is 17.5 Å². The Morgan fingerprint density at radius 1 is 0.897 bits per heavy atom. The van der Waals surface area contributed by atoms with Crippen LogP contribution in [0.5, 0.6) is 0 Å². The number of aliphatic hydroxyl groups excluding tert-OH is 1. The van der Waals surface area contributed by atoms with Crippen LogP contribution < -0.4 is 4.90 Å². The molecule has 0 fully saturated rings. The second kappa shape index (κ2) is 7.05. The Kier molecular flexibility index (Phi) is 4.40. The molecule has 1 aliphatic rings. The summed E-state index contributed by atoms with van der Waals surface area (Å²) in [4.78, 5) is 37.8. The maximum atomic E-state index is 13.2. The zero-order valence-corrected chi connectivity index (χ0v) is 15.0. The van der Waals surface area contributed by atoms with E-state index in [9.17, 15) is 24.8 Å². The van der Waals surface area contributed by atoms with Gasteiger partial charge in [-0.3, -0.25) is 19.7 Å². The Labute approximate surface area is 165 Å². The number of hydrogen-bond donors (Lipinski definition) is 1. The Balaban J connectivity index is 1.93. The fourth-order valence-electron chi connectivity index (χ4n) is 3.25. The third kappa shape index (κ3) is 3.04. The highest BCUT2D eigenvalue weighted by Crippen LogP contribution is 2.42. The summed E-state index contributed by atoms with van der Waals surface area (Å²) in [5, 5.41) is 22.0. The van der Waals surface area contributed by atoms with E-state index in [0.717, 1.165) is 4.90 Å². The molecule has 0 radical (unpaired) electrons. The van der Waals surface area contributed by atoms with E-state index >= 15 is 0 Å². The summed E-state index contributed by atoms with van der Waals surface area (Å²) in [6.45, 7) is 0. The van der Waals surface area contributed by atoms with Crippen LogP contribution in [0, 0.1) is 10.1 Å². The molecule has 7 heteroatoms. The van der Waals surface area contributed by atoms with Crippen molar-refractivity contribution < 1.29 is 19.6 Å². The van der Waals surface area contributed by atoms with Crippen molar-refractivity contribution in [1.82, 2.24) is 0 Å². The maximum Gasteiger partial charge on any atom is 0.270 e. The molecule has 1 aliphatic heterocycles. The molecule has 0 saturated carbocycles. The highest BCUT2D eigenvalue weighted by Gasteiger charge is 2.40. The number of imide groups is 1. The first-order valence-electron chi connectivity index (χ1n) is 8.70. The molecule has 4 rings (SSSR count). The molecule has 0 saturated heterocycles. The molecule has 0 aliphatic carbocycles. The lowest BCUT2D eigenvalue weighted by Gasteiger charge is -2.15. The number of carbonyl (C=O) groups is 2. The predicted molar refractivity (Wildman–Crippen MR) is 107 cm³/mol. The van der Waals surface area contributed by atoms with Crippen molar-refractivity contribution in [2.24, 2.45) is 0 Å². The third-order valence-corrected chi connectivity index (χ3v) is 4.63. The van der Waals surface area contributed by atoms with Gasteiger partial charge < -0.3 is 5.11 Å². The van der Waals surface area contributed by atoms with Gasteiger partial charge in [0.15, 0.2) is 0 Å². The number of hydrogen-bond acceptors (Lipinski definition) is 5. The van der Waals surface area contributed by atoms with Crippen LogP contribution in [0.15, 0.2) is 78.9 Å². The van der Waals surface area contributed by atoms with Crippen molar-refractivity contribution in [3.63, 3.8) is 0 Å². The van der Waals surface area contributed by atoms with Crippen LogP contribution in [0.3, 0.4) is 0 Å². The lowest BCUT2D eigenvalue weighted by Crippen LogP contribution is -2.33. The van der Waals surface area contributed by atoms with Crippen molar-refractivity contribution in [2.75, 3.05) is 4.90 Å². The van der Waals surface area contributed by atoms with Gasteiger partial charge in [-0.1, -0.05) is 48.5 Å². The standard InChI is InChI=1S/C22H14N2O5/c25-20(14-7-3-1-4-8-14)19-17-13-16(24(28)29)11-12-18(17)23(22(19)27)21(26)15-9-5-2-6-10-15/h1-13,25H/b20-19+. The van der Waals surface area contributed by atoms with Gasteiger partial charge in [-0.2, -0.15) is 0 Å². The summed E-state index contributed by atoms with van der Waals surface area (Å²) in [5.74, 6) is -1.67. The molecule has 0 bridgehead atoms. The molecule has 3 aromatic carbocycles. The molecule has 7 nitrogen and oxygen atoms in total. The Morgan fingerprint density at radius 2 is 1.48 bits per heavy atom. The van der Waals surface area contributed by atoms with Crippen LogP contribution >= 0.6 is 0 Å². The van der Waals surface area contributed by atoms with Crippen LogP contribution in [0.1, 0.15) is 21.5 Å². The van der Waals surface area contributed by atoms with E-state index in [0.29, 0.717) is 5.56 Å². The van der Waals surface area contributed by atoms with E-state index in [4.69, 9.17) is 0 Å². The number of amides is 2. The molecule has 0 unspecified atom stereocenters. The summed E-state index contributed by atoms with van der Waals surface area (Å²) >= 11 is 0. The summed E-state index contributed by atoms with van der Waals surface area (Å²) < 4.78 is 0. The molecule has 2 amide bonds. The zero-order chi connectivity index (χ0) is 20.5. The monoisotopic (exact) mass is 386 g/mol. The van der Waals surface area contributed by atoms with Crippen LogP contribution in [-0.2, 0) is 4.79 Å². The third-order valence-electron chi connectivity index (χ3n) is 4.63. The number of benzene rings is 3. The number of fused-ring (bicyclic) bond motifs is 1. The van der Waals surface area contributed by atoms with E-state index in [1.54, 1.807) is 60.7 Å². The summed E-state index contributed by atoms with van der Waals surface area (Å²) in [6.07, 6.45) is 0. The van der Waals surface area contributed by atoms with Crippen LogP contribution in [-0.4, -0.2) is 21.8 Å². The number of anilines is 1. The van der Waals surface area contributed by atoms with Gasteiger partial charge in [0, 0.05) is 28.8 Å². The largest absolute Gasteiger partial charge is 0.506 e. The Hall–Kier alpha value is -4.26. The first-order chi connectivity index (χ1) is 14.0. The molecule has 0 spiro atoms. The average Bonchev–Trinajstić information content (AvgIpc) is 3.04. The highest BCUT2D eigenvalue weighted by molar-refractivity contribution is 6.44. The lowest BCUT2D eigenvalue weighted by atomic mass is 10.0. The van der Waals surface area contributed by atoms with Gasteiger partial charge in [0.1, 0.15) is 5.76 Å². The second-order valence-electron chi connectivity index (χ2n) is 6.36. The normalized spacial score (nSPS) is 14.5. The minimum absolute atomic E-state index is 0.134. The first kappa shape index (κ1) is 18.1. The molecule has 1 N–H and O–H groups in total. The minimum atomic E-state index is -0.740. The van der Waals surface area contributed by atoms with Crippen molar-refractivity contribution in [3.05, 3.63) is 106 Å². The minimum Gasteiger partial charge on any atom is -0.506 e. The van der Waals surface area contributed by atoms with E-state index < -0.39 is 16.7 Å². The molecule has 3 aromatic rings.